The molecule has 2 rings (SSSR count). The second-order valence-corrected chi connectivity index (χ2v) is 6.60. The average Bonchev–Trinajstić information content (AvgIpc) is 2.74. The van der Waals surface area contributed by atoms with Gasteiger partial charge in [-0.2, -0.15) is 0 Å². The van der Waals surface area contributed by atoms with Crippen molar-refractivity contribution in [2.24, 2.45) is 0 Å². The molecule has 166 valence electrons. The minimum atomic E-state index is -2.61. The van der Waals surface area contributed by atoms with Crippen molar-refractivity contribution in [2.75, 3.05) is 6.61 Å². The molecule has 1 aromatic carbocycles. The van der Waals surface area contributed by atoms with Gasteiger partial charge in [0.05, 0.1) is 30.1 Å². The number of aliphatic carboxylic acids is 1. The van der Waals surface area contributed by atoms with Gasteiger partial charge in [-0.1, -0.05) is 0 Å². The minimum Gasteiger partial charge on any atom is -0.476 e. The summed E-state index contributed by atoms with van der Waals surface area (Å²) in [7, 11) is 0. The molecular weight excluding hydrogens is 408 g/mol. The zero-order chi connectivity index (χ0) is 23.3. The number of carbonyl (C=O) groups is 2. The van der Waals surface area contributed by atoms with Gasteiger partial charge in [-0.05, 0) is 12.1 Å². The van der Waals surface area contributed by atoms with Gasteiger partial charge in [0.2, 0.25) is 5.91 Å². The van der Waals surface area contributed by atoms with E-state index in [1.54, 1.807) is 0 Å². The molecule has 1 unspecified atom stereocenters. The molecule has 0 bridgehead atoms. The first-order chi connectivity index (χ1) is 14.5. The van der Waals surface area contributed by atoms with E-state index in [0.717, 1.165) is 24.3 Å². The molecule has 0 aromatic heterocycles. The highest BCUT2D eigenvalue weighted by molar-refractivity contribution is 5.77. The summed E-state index contributed by atoms with van der Waals surface area (Å²) in [5.41, 5.74) is -0.293. The number of nitrogens with one attached hydrogen (secondary N) is 1. The molecule has 1 amide bonds. The number of rotatable bonds is 8. The van der Waals surface area contributed by atoms with Crippen molar-refractivity contribution in [1.29, 1.82) is 0 Å². The van der Waals surface area contributed by atoms with E-state index in [-0.39, 0.29) is 11.4 Å². The molecule has 1 aromatic rings. The van der Waals surface area contributed by atoms with E-state index in [1.807, 2.05) is 0 Å². The van der Waals surface area contributed by atoms with Gasteiger partial charge in [-0.15, -0.1) is 0 Å². The summed E-state index contributed by atoms with van der Waals surface area (Å²) in [6, 6.07) is 2.84. The third kappa shape index (κ3) is 5.01. The summed E-state index contributed by atoms with van der Waals surface area (Å²) in [6.07, 6.45) is -7.98. The van der Waals surface area contributed by atoms with E-state index in [2.05, 4.69) is 5.32 Å². The molecule has 13 nitrogen and oxygen atoms in total. The van der Waals surface area contributed by atoms with Crippen LogP contribution in [0.1, 0.15) is 14.7 Å². The lowest BCUT2D eigenvalue weighted by atomic mass is 9.88. The van der Waals surface area contributed by atoms with Gasteiger partial charge in [0.1, 0.15) is 24.1 Å². The number of non-ortho nitro benzene ring substituents is 1. The fourth-order valence-electron chi connectivity index (χ4n) is 3.01. The monoisotopic (exact) mass is 431 g/mol. The Kier molecular flexibility index (Phi) is 6.79. The molecule has 1 aliphatic heterocycles. The number of carbonyl (C=O) groups excluding carboxylic acids is 1. The Balaban J connectivity index is 2.40. The second kappa shape index (κ2) is 9.32. The van der Waals surface area contributed by atoms with Crippen LogP contribution < -0.4 is 10.1 Å². The van der Waals surface area contributed by atoms with Crippen LogP contribution in [0.25, 0.3) is 0 Å². The van der Waals surface area contributed by atoms with E-state index in [9.17, 15) is 40.1 Å². The van der Waals surface area contributed by atoms with Gasteiger partial charge in [0, 0.05) is 20.4 Å². The third-order valence-corrected chi connectivity index (χ3v) is 4.47. The predicted octanol–water partition coefficient (Wildman–Crippen LogP) is -1.88. The highest BCUT2D eigenvalue weighted by Crippen LogP contribution is 2.35. The number of ether oxygens (including phenoxy) is 2. The van der Waals surface area contributed by atoms with E-state index >= 15 is 0 Å². The van der Waals surface area contributed by atoms with Gasteiger partial charge in [0.15, 0.2) is 0 Å². The average molecular weight is 431 g/mol. The maximum absolute atomic E-state index is 12.0. The first-order valence-corrected chi connectivity index (χ1v) is 8.63. The number of hydrogen-bond donors (Lipinski definition) is 6. The lowest BCUT2D eigenvalue weighted by molar-refractivity contribution is -0.384. The number of nitrogens with zero attached hydrogens (tertiary/aromatic N) is 1. The molecule has 0 radical (unpaired) electrons. The quantitative estimate of drug-likeness (QED) is 0.198. The first kappa shape index (κ1) is 21.9. The summed E-state index contributed by atoms with van der Waals surface area (Å²) >= 11 is 0. The zero-order valence-electron chi connectivity index (χ0n) is 16.5. The SMILES string of the molecule is [2H]CC(=O)N[C@H]1[C@H]([C@H](O)[C@H](O)CO)OC(Oc2ccc([N+](=O)[O-])cc2)(C(=O)O)C[C@@H]1O. The minimum absolute atomic E-state index is 0.176. The van der Waals surface area contributed by atoms with Gasteiger partial charge < -0.3 is 40.3 Å². The number of nitro benzene ring substituents is 1. The fourth-order valence-corrected chi connectivity index (χ4v) is 3.01. The van der Waals surface area contributed by atoms with Crippen LogP contribution in [0.15, 0.2) is 24.3 Å². The van der Waals surface area contributed by atoms with E-state index < -0.39 is 73.0 Å². The van der Waals surface area contributed by atoms with Crippen LogP contribution in [0.2, 0.25) is 0 Å². The number of aliphatic hydroxyl groups is 4. The molecule has 6 N–H and O–H groups in total. The number of nitro groups is 1. The number of hydrogen-bond acceptors (Lipinski definition) is 10. The van der Waals surface area contributed by atoms with Crippen molar-refractivity contribution in [2.45, 2.75) is 49.6 Å². The molecule has 0 spiro atoms. The largest absolute Gasteiger partial charge is 0.476 e. The molecule has 6 atom stereocenters. The number of amides is 1. The van der Waals surface area contributed by atoms with E-state index in [0.29, 0.717) is 0 Å². The van der Waals surface area contributed by atoms with Gasteiger partial charge in [-0.3, -0.25) is 14.9 Å². The Bertz CT molecular complexity index is 808. The predicted molar refractivity (Wildman–Crippen MR) is 96.3 cm³/mol. The van der Waals surface area contributed by atoms with E-state index in [1.165, 1.54) is 0 Å². The first-order valence-electron chi connectivity index (χ1n) is 9.33. The Labute approximate surface area is 171 Å². The standard InChI is InChI=1S/C17H22N2O11/c1-8(21)18-13-11(22)6-17(16(25)26,30-15(13)14(24)12(23)7-20)29-10-4-2-9(3-5-10)19(27)28/h2-5,11-15,20,22-24H,6-7H2,1H3,(H,18,21)(H,25,26)/t11-,12+,13+,14+,15+,17?/m0/s1/i1D. The molecule has 1 heterocycles. The Morgan fingerprint density at radius 1 is 1.43 bits per heavy atom. The van der Waals surface area contributed by atoms with Crippen molar-refractivity contribution in [1.82, 2.24) is 5.32 Å². The van der Waals surface area contributed by atoms with Crippen LogP contribution in [-0.2, 0) is 14.3 Å². The Morgan fingerprint density at radius 3 is 2.57 bits per heavy atom. The van der Waals surface area contributed by atoms with Gasteiger partial charge in [-0.25, -0.2) is 4.79 Å². The van der Waals surface area contributed by atoms with Gasteiger partial charge >= 0.3 is 11.8 Å². The Hall–Kier alpha value is -2.84. The summed E-state index contributed by atoms with van der Waals surface area (Å²) in [4.78, 5) is 33.7. The lowest BCUT2D eigenvalue weighted by Crippen LogP contribution is -2.68. The summed E-state index contributed by atoms with van der Waals surface area (Å²) in [5, 5.41) is 62.5. The van der Waals surface area contributed by atoms with Crippen molar-refractivity contribution >= 4 is 17.6 Å². The molecule has 30 heavy (non-hydrogen) atoms. The molecule has 0 saturated carbocycles. The summed E-state index contributed by atoms with van der Waals surface area (Å²) in [6.45, 7) is -1.68. The van der Waals surface area contributed by atoms with Crippen molar-refractivity contribution < 1.29 is 50.9 Å². The molecular formula is C17H22N2O11. The number of benzene rings is 1. The van der Waals surface area contributed by atoms with Crippen molar-refractivity contribution in [3.63, 3.8) is 0 Å². The Morgan fingerprint density at radius 2 is 2.07 bits per heavy atom. The van der Waals surface area contributed by atoms with Crippen LogP contribution in [0.3, 0.4) is 0 Å². The third-order valence-electron chi connectivity index (χ3n) is 4.47. The van der Waals surface area contributed by atoms with Crippen LogP contribution in [-0.4, -0.2) is 85.2 Å². The molecule has 13 heteroatoms. The van der Waals surface area contributed by atoms with Gasteiger partial charge in [0.25, 0.3) is 5.69 Å². The maximum Gasteiger partial charge on any atom is 0.377 e. The van der Waals surface area contributed by atoms with Crippen LogP contribution in [0.4, 0.5) is 5.69 Å². The topological polar surface area (TPSA) is 209 Å². The van der Waals surface area contributed by atoms with Crippen LogP contribution >= 0.6 is 0 Å². The number of carboxylic acid groups (broad SMARTS) is 1. The van der Waals surface area contributed by atoms with E-state index in [4.69, 9.17) is 16.0 Å². The van der Waals surface area contributed by atoms with Crippen molar-refractivity contribution in [3.8, 4) is 5.75 Å². The normalized spacial score (nSPS) is 28.7. The van der Waals surface area contributed by atoms with Crippen LogP contribution in [0, 0.1) is 10.1 Å². The highest BCUT2D eigenvalue weighted by Gasteiger charge is 2.56. The van der Waals surface area contributed by atoms with Crippen LogP contribution in [0.5, 0.6) is 5.75 Å². The molecule has 0 aliphatic carbocycles. The van der Waals surface area contributed by atoms with Crippen molar-refractivity contribution in [3.05, 3.63) is 34.4 Å². The summed E-state index contributed by atoms with van der Waals surface area (Å²) < 4.78 is 17.9. The zero-order valence-corrected chi connectivity index (χ0v) is 15.5. The smallest absolute Gasteiger partial charge is 0.377 e. The summed E-state index contributed by atoms with van der Waals surface area (Å²) in [5.74, 6) is -5.39. The molecule has 1 fully saturated rings. The lowest BCUT2D eigenvalue weighted by Gasteiger charge is -2.46. The highest BCUT2D eigenvalue weighted by atomic mass is 16.7. The number of carboxylic acids is 1. The maximum atomic E-state index is 12.0. The fraction of sp³-hybridized carbons (Fsp3) is 0.529. The molecule has 1 saturated heterocycles. The number of aliphatic hydroxyl groups excluding tert-OH is 4. The second-order valence-electron chi connectivity index (χ2n) is 6.60. The molecule has 1 aliphatic rings.